The Morgan fingerprint density at radius 3 is 2.45 bits per heavy atom. The molecule has 0 aliphatic rings. The van der Waals surface area contributed by atoms with Gasteiger partial charge in [-0.1, -0.05) is 15.9 Å². The van der Waals surface area contributed by atoms with Gasteiger partial charge in [-0.3, -0.25) is 9.79 Å². The van der Waals surface area contributed by atoms with Crippen molar-refractivity contribution in [2.24, 2.45) is 10.7 Å². The largest absolute Gasteiger partial charge is 0.494 e. The predicted octanol–water partition coefficient (Wildman–Crippen LogP) is 4.02. The number of carbonyl (C=O) groups excluding carboxylic acids is 1. The van der Waals surface area contributed by atoms with Crippen LogP contribution >= 0.6 is 39.9 Å². The zero-order valence-corrected chi connectivity index (χ0v) is 20.3. The van der Waals surface area contributed by atoms with Crippen molar-refractivity contribution in [2.45, 2.75) is 13.8 Å². The highest BCUT2D eigenvalue weighted by Gasteiger charge is 2.07. The van der Waals surface area contributed by atoms with Crippen LogP contribution in [0.1, 0.15) is 24.2 Å². The van der Waals surface area contributed by atoms with Crippen molar-refractivity contribution >= 4 is 57.5 Å². The van der Waals surface area contributed by atoms with Crippen molar-refractivity contribution in [2.75, 3.05) is 31.6 Å². The standard InChI is InChI=1S/C20H25BrN4O3.HI/c1-3-27-16-9-10-18(28-4-2)17(13-16)25-20(22)24-12-11-23-19(26)14-5-7-15(21)8-6-14;/h5-10,13H,3-4,11-12H2,1-2H3,(H,23,26)(H3,22,24,25);1H. The number of halogens is 2. The lowest BCUT2D eigenvalue weighted by Crippen LogP contribution is -2.28. The summed E-state index contributed by atoms with van der Waals surface area (Å²) in [5, 5.41) is 5.83. The molecule has 7 nitrogen and oxygen atoms in total. The number of anilines is 1. The van der Waals surface area contributed by atoms with Gasteiger partial charge in [0.05, 0.1) is 25.4 Å². The minimum atomic E-state index is -0.155. The van der Waals surface area contributed by atoms with Crippen LogP contribution in [0.5, 0.6) is 11.5 Å². The molecule has 0 aliphatic heterocycles. The first-order valence-corrected chi connectivity index (χ1v) is 9.83. The van der Waals surface area contributed by atoms with Crippen LogP contribution in [0.4, 0.5) is 5.69 Å². The number of benzene rings is 2. The molecule has 0 saturated heterocycles. The highest BCUT2D eigenvalue weighted by atomic mass is 127. The van der Waals surface area contributed by atoms with Gasteiger partial charge in [-0.2, -0.15) is 0 Å². The normalized spacial score (nSPS) is 10.7. The second kappa shape index (κ2) is 13.3. The number of amides is 1. The third kappa shape index (κ3) is 8.48. The molecular formula is C20H26BrIN4O3. The molecule has 9 heteroatoms. The zero-order valence-electron chi connectivity index (χ0n) is 16.4. The zero-order chi connectivity index (χ0) is 20.4. The lowest BCUT2D eigenvalue weighted by Gasteiger charge is -2.14. The monoisotopic (exact) mass is 576 g/mol. The van der Waals surface area contributed by atoms with Gasteiger partial charge >= 0.3 is 0 Å². The number of hydrogen-bond donors (Lipinski definition) is 3. The number of guanidine groups is 1. The maximum absolute atomic E-state index is 12.1. The van der Waals surface area contributed by atoms with Gasteiger partial charge < -0.3 is 25.8 Å². The van der Waals surface area contributed by atoms with Gasteiger partial charge in [-0.05, 0) is 50.2 Å². The summed E-state index contributed by atoms with van der Waals surface area (Å²) in [6.45, 7) is 5.63. The molecule has 0 heterocycles. The molecule has 0 saturated carbocycles. The molecule has 158 valence electrons. The van der Waals surface area contributed by atoms with Gasteiger partial charge in [-0.25, -0.2) is 0 Å². The average Bonchev–Trinajstić information content (AvgIpc) is 2.68. The Morgan fingerprint density at radius 2 is 1.79 bits per heavy atom. The predicted molar refractivity (Wildman–Crippen MR) is 131 cm³/mol. The fraction of sp³-hybridized carbons (Fsp3) is 0.300. The van der Waals surface area contributed by atoms with Crippen LogP contribution in [0.3, 0.4) is 0 Å². The fourth-order valence-electron chi connectivity index (χ4n) is 2.37. The van der Waals surface area contributed by atoms with Crippen LogP contribution in [-0.2, 0) is 0 Å². The molecule has 1 amide bonds. The molecular weight excluding hydrogens is 551 g/mol. The van der Waals surface area contributed by atoms with E-state index in [1.165, 1.54) is 0 Å². The van der Waals surface area contributed by atoms with Crippen molar-refractivity contribution < 1.29 is 14.3 Å². The first-order chi connectivity index (χ1) is 13.5. The van der Waals surface area contributed by atoms with Crippen LogP contribution in [0, 0.1) is 0 Å². The topological polar surface area (TPSA) is 98.0 Å². The van der Waals surface area contributed by atoms with Crippen molar-refractivity contribution in [3.05, 3.63) is 52.5 Å². The van der Waals surface area contributed by atoms with Gasteiger partial charge in [0.2, 0.25) is 0 Å². The maximum Gasteiger partial charge on any atom is 0.251 e. The third-order valence-electron chi connectivity index (χ3n) is 3.61. The molecule has 2 rings (SSSR count). The fourth-order valence-corrected chi connectivity index (χ4v) is 2.64. The van der Waals surface area contributed by atoms with E-state index in [0.717, 1.165) is 4.47 Å². The summed E-state index contributed by atoms with van der Waals surface area (Å²) < 4.78 is 12.0. The minimum absolute atomic E-state index is 0. The van der Waals surface area contributed by atoms with Crippen molar-refractivity contribution in [1.82, 2.24) is 5.32 Å². The Morgan fingerprint density at radius 1 is 1.10 bits per heavy atom. The molecule has 0 spiro atoms. The van der Waals surface area contributed by atoms with Gasteiger partial charge in [0.1, 0.15) is 11.5 Å². The molecule has 2 aromatic carbocycles. The first kappa shape index (κ1) is 25.0. The van der Waals surface area contributed by atoms with Gasteiger partial charge in [0.15, 0.2) is 5.96 Å². The van der Waals surface area contributed by atoms with Crippen molar-refractivity contribution in [1.29, 1.82) is 0 Å². The quantitative estimate of drug-likeness (QED) is 0.181. The first-order valence-electron chi connectivity index (χ1n) is 9.03. The highest BCUT2D eigenvalue weighted by molar-refractivity contribution is 14.0. The van der Waals surface area contributed by atoms with E-state index in [9.17, 15) is 4.79 Å². The third-order valence-corrected chi connectivity index (χ3v) is 4.14. The average molecular weight is 577 g/mol. The summed E-state index contributed by atoms with van der Waals surface area (Å²) in [6, 6.07) is 12.6. The van der Waals surface area contributed by atoms with Crippen LogP contribution in [0.2, 0.25) is 0 Å². The van der Waals surface area contributed by atoms with Crippen LogP contribution in [0.15, 0.2) is 51.9 Å². The van der Waals surface area contributed by atoms with Crippen LogP contribution in [0.25, 0.3) is 0 Å². The second-order valence-corrected chi connectivity index (χ2v) is 6.59. The Balaban J connectivity index is 0.00000420. The van der Waals surface area contributed by atoms with E-state index in [0.29, 0.717) is 49.1 Å². The number of hydrogen-bond acceptors (Lipinski definition) is 4. The molecule has 0 aliphatic carbocycles. The molecule has 0 bridgehead atoms. The molecule has 0 unspecified atom stereocenters. The van der Waals surface area contributed by atoms with Crippen molar-refractivity contribution in [3.63, 3.8) is 0 Å². The lowest BCUT2D eigenvalue weighted by atomic mass is 10.2. The number of nitrogens with zero attached hydrogens (tertiary/aromatic N) is 1. The summed E-state index contributed by atoms with van der Waals surface area (Å²) >= 11 is 3.34. The molecule has 2 aromatic rings. The number of rotatable bonds is 9. The molecule has 0 radical (unpaired) electrons. The Labute approximate surface area is 196 Å². The number of aliphatic imine (C=N–C) groups is 1. The molecule has 0 fully saturated rings. The lowest BCUT2D eigenvalue weighted by molar-refractivity contribution is 0.0955. The smallest absolute Gasteiger partial charge is 0.251 e. The molecule has 0 atom stereocenters. The van der Waals surface area contributed by atoms with Gasteiger partial charge in [0.25, 0.3) is 5.91 Å². The maximum atomic E-state index is 12.1. The Kier molecular flexibility index (Phi) is 11.4. The van der Waals surface area contributed by atoms with E-state index in [1.54, 1.807) is 12.1 Å². The van der Waals surface area contributed by atoms with Crippen LogP contribution < -0.4 is 25.8 Å². The molecule has 0 aromatic heterocycles. The summed E-state index contributed by atoms with van der Waals surface area (Å²) in [5.74, 6) is 1.44. The number of carbonyl (C=O) groups is 1. The van der Waals surface area contributed by atoms with Crippen LogP contribution in [-0.4, -0.2) is 38.2 Å². The van der Waals surface area contributed by atoms with E-state index in [1.807, 2.05) is 44.2 Å². The molecule has 4 N–H and O–H groups in total. The van der Waals surface area contributed by atoms with E-state index in [4.69, 9.17) is 15.2 Å². The number of nitrogens with one attached hydrogen (secondary N) is 2. The minimum Gasteiger partial charge on any atom is -0.494 e. The van der Waals surface area contributed by atoms with E-state index in [-0.39, 0.29) is 35.8 Å². The van der Waals surface area contributed by atoms with E-state index >= 15 is 0 Å². The molecule has 29 heavy (non-hydrogen) atoms. The summed E-state index contributed by atoms with van der Waals surface area (Å²) in [4.78, 5) is 16.3. The Bertz CT molecular complexity index is 816. The van der Waals surface area contributed by atoms with Gasteiger partial charge in [-0.15, -0.1) is 24.0 Å². The van der Waals surface area contributed by atoms with Gasteiger partial charge in [0, 0.05) is 22.6 Å². The Hall–Kier alpha value is -2.01. The highest BCUT2D eigenvalue weighted by Crippen LogP contribution is 2.29. The second-order valence-electron chi connectivity index (χ2n) is 5.68. The van der Waals surface area contributed by atoms with E-state index < -0.39 is 0 Å². The summed E-state index contributed by atoms with van der Waals surface area (Å²) in [6.07, 6.45) is 0. The summed E-state index contributed by atoms with van der Waals surface area (Å²) in [5.41, 5.74) is 7.23. The number of ether oxygens (including phenoxy) is 2. The summed E-state index contributed by atoms with van der Waals surface area (Å²) in [7, 11) is 0. The number of nitrogens with two attached hydrogens (primary N) is 1. The van der Waals surface area contributed by atoms with Crippen molar-refractivity contribution in [3.8, 4) is 11.5 Å². The van der Waals surface area contributed by atoms with E-state index in [2.05, 4.69) is 31.6 Å². The SMILES string of the molecule is CCOc1ccc(OCC)c(NC(N)=NCCNC(=O)c2ccc(Br)cc2)c1.I.